The molecule has 0 amide bonds. The van der Waals surface area contributed by atoms with Crippen molar-refractivity contribution in [2.45, 2.75) is 19.9 Å². The normalized spacial score (nSPS) is 11.0. The summed E-state index contributed by atoms with van der Waals surface area (Å²) in [5.41, 5.74) is 2.77. The smallest absolute Gasteiger partial charge is 0.247 e. The zero-order chi connectivity index (χ0) is 14.7. The summed E-state index contributed by atoms with van der Waals surface area (Å²) in [4.78, 5) is 0. The van der Waals surface area contributed by atoms with Crippen LogP contribution in [0.4, 0.5) is 0 Å². The van der Waals surface area contributed by atoms with Gasteiger partial charge in [-0.15, -0.1) is 15.3 Å². The molecule has 0 radical (unpaired) electrons. The summed E-state index contributed by atoms with van der Waals surface area (Å²) in [5.74, 6) is 0.955. The van der Waals surface area contributed by atoms with E-state index in [0.717, 1.165) is 16.8 Å². The van der Waals surface area contributed by atoms with Gasteiger partial charge in [-0.2, -0.15) is 0 Å². The first-order valence-electron chi connectivity index (χ1n) is 6.64. The molecule has 2 heterocycles. The average Bonchev–Trinajstić information content (AvgIpc) is 3.10. The molecule has 3 rings (SSSR count). The van der Waals surface area contributed by atoms with Crippen molar-refractivity contribution in [1.82, 2.24) is 25.2 Å². The van der Waals surface area contributed by atoms with E-state index in [0.29, 0.717) is 24.7 Å². The van der Waals surface area contributed by atoms with E-state index in [9.17, 15) is 0 Å². The largest absolute Gasteiger partial charge is 0.419 e. The molecule has 0 aliphatic carbocycles. The quantitative estimate of drug-likeness (QED) is 0.758. The molecule has 7 nitrogen and oxygen atoms in total. The molecule has 2 aromatic heterocycles. The van der Waals surface area contributed by atoms with Crippen LogP contribution >= 0.6 is 0 Å². The van der Waals surface area contributed by atoms with Gasteiger partial charge in [-0.1, -0.05) is 22.9 Å². The van der Waals surface area contributed by atoms with Gasteiger partial charge < -0.3 is 9.52 Å². The molecule has 1 N–H and O–H groups in total. The van der Waals surface area contributed by atoms with E-state index < -0.39 is 0 Å². The van der Waals surface area contributed by atoms with Gasteiger partial charge in [0.15, 0.2) is 0 Å². The molecule has 0 saturated carbocycles. The minimum atomic E-state index is 0.0523. The summed E-state index contributed by atoms with van der Waals surface area (Å²) >= 11 is 0. The number of aromatic nitrogens is 5. The Morgan fingerprint density at radius 1 is 1.24 bits per heavy atom. The highest BCUT2D eigenvalue weighted by molar-refractivity contribution is 5.53. The van der Waals surface area contributed by atoms with Crippen molar-refractivity contribution in [2.75, 3.05) is 6.61 Å². The topological polar surface area (TPSA) is 89.9 Å². The van der Waals surface area contributed by atoms with E-state index in [2.05, 4.69) is 20.5 Å². The third-order valence-corrected chi connectivity index (χ3v) is 2.98. The highest BCUT2D eigenvalue weighted by Gasteiger charge is 2.10. The first-order chi connectivity index (χ1) is 10.2. The molecule has 3 aromatic rings. The Labute approximate surface area is 121 Å². The fourth-order valence-corrected chi connectivity index (χ4v) is 2.00. The summed E-state index contributed by atoms with van der Waals surface area (Å²) in [5, 5.41) is 24.8. The Balaban J connectivity index is 1.75. The van der Waals surface area contributed by atoms with Gasteiger partial charge in [0.25, 0.3) is 0 Å². The molecular weight excluding hydrogens is 270 g/mol. The van der Waals surface area contributed by atoms with Crippen LogP contribution in [0.2, 0.25) is 0 Å². The van der Waals surface area contributed by atoms with Gasteiger partial charge in [0.05, 0.1) is 5.69 Å². The van der Waals surface area contributed by atoms with Crippen LogP contribution in [0.3, 0.4) is 0 Å². The zero-order valence-electron chi connectivity index (χ0n) is 11.6. The summed E-state index contributed by atoms with van der Waals surface area (Å²) in [7, 11) is 0. The van der Waals surface area contributed by atoms with Crippen molar-refractivity contribution >= 4 is 0 Å². The first kappa shape index (κ1) is 13.4. The number of aliphatic hydroxyl groups is 1. The molecule has 21 heavy (non-hydrogen) atoms. The van der Waals surface area contributed by atoms with Gasteiger partial charge in [0, 0.05) is 24.8 Å². The standard InChI is InChI=1S/C14H15N5O2/c1-10-3-2-4-11(7-10)14-17-16-13(21-14)9-19-8-12(5-6-20)15-18-19/h2-4,7-8,20H,5-6,9H2,1H3. The fourth-order valence-electron chi connectivity index (χ4n) is 2.00. The first-order valence-corrected chi connectivity index (χ1v) is 6.64. The SMILES string of the molecule is Cc1cccc(-c2nnc(Cn3cc(CCO)nn3)o2)c1. The second-order valence-electron chi connectivity index (χ2n) is 4.75. The molecular formula is C14H15N5O2. The van der Waals surface area contributed by atoms with Crippen molar-refractivity contribution in [1.29, 1.82) is 0 Å². The van der Waals surface area contributed by atoms with Gasteiger partial charge in [0.2, 0.25) is 11.8 Å². The van der Waals surface area contributed by atoms with Gasteiger partial charge in [-0.05, 0) is 19.1 Å². The van der Waals surface area contributed by atoms with E-state index in [-0.39, 0.29) is 6.61 Å². The van der Waals surface area contributed by atoms with Crippen molar-refractivity contribution in [3.05, 3.63) is 47.6 Å². The second kappa shape index (κ2) is 5.84. The van der Waals surface area contributed by atoms with Crippen molar-refractivity contribution in [2.24, 2.45) is 0 Å². The lowest BCUT2D eigenvalue weighted by Crippen LogP contribution is -2.00. The Hall–Kier alpha value is -2.54. The summed E-state index contributed by atoms with van der Waals surface area (Å²) in [6, 6.07) is 7.89. The van der Waals surface area contributed by atoms with Crippen molar-refractivity contribution in [3.8, 4) is 11.5 Å². The fraction of sp³-hybridized carbons (Fsp3) is 0.286. The maximum atomic E-state index is 8.85. The lowest BCUT2D eigenvalue weighted by molar-refractivity contribution is 0.298. The van der Waals surface area contributed by atoms with Crippen LogP contribution in [0.25, 0.3) is 11.5 Å². The minimum absolute atomic E-state index is 0.0523. The second-order valence-corrected chi connectivity index (χ2v) is 4.75. The molecule has 108 valence electrons. The third-order valence-electron chi connectivity index (χ3n) is 2.98. The molecule has 0 saturated heterocycles. The minimum Gasteiger partial charge on any atom is -0.419 e. The van der Waals surface area contributed by atoms with E-state index in [1.54, 1.807) is 10.9 Å². The zero-order valence-corrected chi connectivity index (χ0v) is 11.6. The van der Waals surface area contributed by atoms with E-state index in [1.807, 2.05) is 31.2 Å². The number of aliphatic hydroxyl groups excluding tert-OH is 1. The van der Waals surface area contributed by atoms with Gasteiger partial charge in [-0.3, -0.25) is 0 Å². The van der Waals surface area contributed by atoms with Gasteiger partial charge in [-0.25, -0.2) is 4.68 Å². The highest BCUT2D eigenvalue weighted by atomic mass is 16.4. The van der Waals surface area contributed by atoms with E-state index >= 15 is 0 Å². The molecule has 0 bridgehead atoms. The maximum Gasteiger partial charge on any atom is 0.247 e. The number of benzene rings is 1. The van der Waals surface area contributed by atoms with Crippen LogP contribution < -0.4 is 0 Å². The van der Waals surface area contributed by atoms with Crippen LogP contribution in [0.15, 0.2) is 34.9 Å². The van der Waals surface area contributed by atoms with Gasteiger partial charge in [0.1, 0.15) is 6.54 Å². The van der Waals surface area contributed by atoms with Crippen LogP contribution in [0, 0.1) is 6.92 Å². The monoisotopic (exact) mass is 285 g/mol. The summed E-state index contributed by atoms with van der Waals surface area (Å²) in [6.07, 6.45) is 2.24. The molecule has 0 unspecified atom stereocenters. The average molecular weight is 285 g/mol. The van der Waals surface area contributed by atoms with Crippen molar-refractivity contribution < 1.29 is 9.52 Å². The predicted octanol–water partition coefficient (Wildman–Crippen LogP) is 1.22. The Morgan fingerprint density at radius 2 is 2.14 bits per heavy atom. The van der Waals surface area contributed by atoms with Crippen LogP contribution in [0.5, 0.6) is 0 Å². The molecule has 0 aliphatic heterocycles. The lowest BCUT2D eigenvalue weighted by Gasteiger charge is -1.96. The number of aryl methyl sites for hydroxylation is 1. The Kier molecular flexibility index (Phi) is 3.74. The lowest BCUT2D eigenvalue weighted by atomic mass is 10.1. The van der Waals surface area contributed by atoms with Crippen LogP contribution in [-0.4, -0.2) is 36.9 Å². The van der Waals surface area contributed by atoms with Crippen molar-refractivity contribution in [3.63, 3.8) is 0 Å². The molecule has 0 spiro atoms. The molecule has 7 heteroatoms. The number of nitrogens with zero attached hydrogens (tertiary/aromatic N) is 5. The molecule has 0 atom stereocenters. The summed E-state index contributed by atoms with van der Waals surface area (Å²) in [6.45, 7) is 2.42. The Bertz CT molecular complexity index is 734. The predicted molar refractivity (Wildman–Crippen MR) is 74.4 cm³/mol. The Morgan fingerprint density at radius 3 is 2.95 bits per heavy atom. The maximum absolute atomic E-state index is 8.85. The van der Waals surface area contributed by atoms with E-state index in [1.165, 1.54) is 0 Å². The third kappa shape index (κ3) is 3.14. The summed E-state index contributed by atoms with van der Waals surface area (Å²) < 4.78 is 7.25. The number of hydrogen-bond donors (Lipinski definition) is 1. The highest BCUT2D eigenvalue weighted by Crippen LogP contribution is 2.19. The van der Waals surface area contributed by atoms with Gasteiger partial charge >= 0.3 is 0 Å². The van der Waals surface area contributed by atoms with E-state index in [4.69, 9.17) is 9.52 Å². The number of hydrogen-bond acceptors (Lipinski definition) is 6. The molecule has 0 fully saturated rings. The van der Waals surface area contributed by atoms with Crippen LogP contribution in [-0.2, 0) is 13.0 Å². The number of rotatable bonds is 5. The molecule has 0 aliphatic rings. The molecule has 1 aromatic carbocycles. The van der Waals surface area contributed by atoms with Crippen LogP contribution in [0.1, 0.15) is 17.1 Å².